The van der Waals surface area contributed by atoms with Crippen LogP contribution in [0, 0.1) is 6.92 Å². The summed E-state index contributed by atoms with van der Waals surface area (Å²) in [6.07, 6.45) is -0.0198. The predicted octanol–water partition coefficient (Wildman–Crippen LogP) is 3.57. The summed E-state index contributed by atoms with van der Waals surface area (Å²) < 4.78 is 11.7. The molecule has 180 valence electrons. The quantitative estimate of drug-likeness (QED) is 0.425. The number of benzene rings is 2. The first kappa shape index (κ1) is 25.1. The summed E-state index contributed by atoms with van der Waals surface area (Å²) in [5.41, 5.74) is 2.09. The second-order valence-corrected chi connectivity index (χ2v) is 8.02. The molecule has 0 spiro atoms. The standard InChI is InChI=1S/C26H31N3O5/c1-5-34-24(31)15-14-23(30)28(16-17-33-4)19(3)25-27-22-9-7-6-8-21(22)26(32)29(25)20-12-10-18(2)11-13-20/h6-13,19H,5,14-17H2,1-4H3. The molecule has 2 aromatic carbocycles. The van der Waals surface area contributed by atoms with Crippen molar-refractivity contribution in [2.24, 2.45) is 0 Å². The molecule has 0 aliphatic rings. The molecule has 8 heteroatoms. The second-order valence-electron chi connectivity index (χ2n) is 8.02. The summed E-state index contributed by atoms with van der Waals surface area (Å²) in [4.78, 5) is 44.9. The number of rotatable bonds is 10. The Bertz CT molecular complexity index is 1200. The van der Waals surface area contributed by atoms with Crippen LogP contribution in [0.1, 0.15) is 44.1 Å². The van der Waals surface area contributed by atoms with E-state index in [2.05, 4.69) is 0 Å². The van der Waals surface area contributed by atoms with Gasteiger partial charge in [-0.1, -0.05) is 29.8 Å². The Morgan fingerprint density at radius 2 is 1.79 bits per heavy atom. The molecule has 1 atom stereocenters. The van der Waals surface area contributed by atoms with Crippen LogP contribution in [0.5, 0.6) is 0 Å². The lowest BCUT2D eigenvalue weighted by atomic mass is 10.1. The fourth-order valence-electron chi connectivity index (χ4n) is 3.82. The van der Waals surface area contributed by atoms with E-state index in [0.29, 0.717) is 29.0 Å². The highest BCUT2D eigenvalue weighted by molar-refractivity contribution is 5.82. The number of carbonyl (C=O) groups excluding carboxylic acids is 2. The number of carbonyl (C=O) groups is 2. The highest BCUT2D eigenvalue weighted by Crippen LogP contribution is 2.24. The van der Waals surface area contributed by atoms with E-state index < -0.39 is 12.0 Å². The molecule has 1 aromatic heterocycles. The summed E-state index contributed by atoms with van der Waals surface area (Å²) in [6, 6.07) is 14.2. The third-order valence-electron chi connectivity index (χ3n) is 5.64. The van der Waals surface area contributed by atoms with Gasteiger partial charge in [-0.15, -0.1) is 0 Å². The molecule has 3 aromatic rings. The first-order valence-corrected chi connectivity index (χ1v) is 11.4. The average Bonchev–Trinajstić information content (AvgIpc) is 2.83. The van der Waals surface area contributed by atoms with Gasteiger partial charge in [0, 0.05) is 20.1 Å². The van der Waals surface area contributed by atoms with Gasteiger partial charge in [0.1, 0.15) is 5.82 Å². The molecule has 0 fully saturated rings. The van der Waals surface area contributed by atoms with Gasteiger partial charge in [0.15, 0.2) is 0 Å². The molecule has 0 aliphatic carbocycles. The Morgan fingerprint density at radius 1 is 1.09 bits per heavy atom. The Labute approximate surface area is 199 Å². The number of hydrogen-bond acceptors (Lipinski definition) is 6. The number of aryl methyl sites for hydroxylation is 1. The topological polar surface area (TPSA) is 90.7 Å². The average molecular weight is 466 g/mol. The van der Waals surface area contributed by atoms with Crippen LogP contribution in [0.25, 0.3) is 16.6 Å². The number of ether oxygens (including phenoxy) is 2. The number of hydrogen-bond donors (Lipinski definition) is 0. The number of methoxy groups -OCH3 is 1. The molecule has 0 saturated heterocycles. The molecule has 0 saturated carbocycles. The number of aromatic nitrogens is 2. The fourth-order valence-corrected chi connectivity index (χ4v) is 3.82. The number of para-hydroxylation sites is 1. The second kappa shape index (κ2) is 11.6. The lowest BCUT2D eigenvalue weighted by Crippen LogP contribution is -2.39. The molecule has 0 bridgehead atoms. The Hall–Kier alpha value is -3.52. The van der Waals surface area contributed by atoms with Crippen molar-refractivity contribution >= 4 is 22.8 Å². The first-order chi connectivity index (χ1) is 16.4. The molecule has 3 rings (SSSR count). The van der Waals surface area contributed by atoms with Gasteiger partial charge < -0.3 is 14.4 Å². The van der Waals surface area contributed by atoms with E-state index in [-0.39, 0.29) is 37.5 Å². The normalized spacial score (nSPS) is 11.9. The summed E-state index contributed by atoms with van der Waals surface area (Å²) in [6.45, 7) is 6.39. The Balaban J connectivity index is 2.08. The van der Waals surface area contributed by atoms with Crippen LogP contribution in [0.4, 0.5) is 0 Å². The molecule has 0 N–H and O–H groups in total. The molecule has 1 heterocycles. The molecular weight excluding hydrogens is 434 g/mol. The highest BCUT2D eigenvalue weighted by Gasteiger charge is 2.27. The summed E-state index contributed by atoms with van der Waals surface area (Å²) in [5.74, 6) is -0.223. The molecule has 0 radical (unpaired) electrons. The summed E-state index contributed by atoms with van der Waals surface area (Å²) in [7, 11) is 1.56. The molecule has 1 unspecified atom stereocenters. The summed E-state index contributed by atoms with van der Waals surface area (Å²) in [5, 5.41) is 0.496. The van der Waals surface area contributed by atoms with Gasteiger partial charge in [-0.2, -0.15) is 0 Å². The maximum absolute atomic E-state index is 13.6. The molecule has 8 nitrogen and oxygen atoms in total. The fraction of sp³-hybridized carbons (Fsp3) is 0.385. The molecular formula is C26H31N3O5. The van der Waals surface area contributed by atoms with Gasteiger partial charge in [0.2, 0.25) is 5.91 Å². The lowest BCUT2D eigenvalue weighted by Gasteiger charge is -2.30. The van der Waals surface area contributed by atoms with Crippen molar-refractivity contribution in [2.45, 2.75) is 39.7 Å². The maximum Gasteiger partial charge on any atom is 0.306 e. The van der Waals surface area contributed by atoms with Crippen molar-refractivity contribution in [3.05, 3.63) is 70.3 Å². The van der Waals surface area contributed by atoms with Crippen molar-refractivity contribution in [3.63, 3.8) is 0 Å². The van der Waals surface area contributed by atoms with Crippen LogP contribution in [0.2, 0.25) is 0 Å². The third-order valence-corrected chi connectivity index (χ3v) is 5.64. The van der Waals surface area contributed by atoms with Crippen LogP contribution in [-0.2, 0) is 19.1 Å². The minimum absolute atomic E-state index is 0.00473. The van der Waals surface area contributed by atoms with Crippen molar-refractivity contribution in [1.29, 1.82) is 0 Å². The van der Waals surface area contributed by atoms with Gasteiger partial charge >= 0.3 is 5.97 Å². The van der Waals surface area contributed by atoms with Crippen LogP contribution < -0.4 is 5.56 Å². The van der Waals surface area contributed by atoms with E-state index in [0.717, 1.165) is 5.56 Å². The SMILES string of the molecule is CCOC(=O)CCC(=O)N(CCOC)C(C)c1nc2ccccc2c(=O)n1-c1ccc(C)cc1. The van der Waals surface area contributed by atoms with Gasteiger partial charge in [0.05, 0.1) is 42.3 Å². The van der Waals surface area contributed by atoms with Gasteiger partial charge in [-0.25, -0.2) is 4.98 Å². The van der Waals surface area contributed by atoms with E-state index in [4.69, 9.17) is 14.5 Å². The number of fused-ring (bicyclic) bond motifs is 1. The number of esters is 1. The largest absolute Gasteiger partial charge is 0.466 e. The molecule has 0 aliphatic heterocycles. The number of nitrogens with zero attached hydrogens (tertiary/aromatic N) is 3. The van der Waals surface area contributed by atoms with Gasteiger partial charge in [-0.3, -0.25) is 19.0 Å². The van der Waals surface area contributed by atoms with Crippen molar-refractivity contribution in [2.75, 3.05) is 26.9 Å². The number of amides is 1. The van der Waals surface area contributed by atoms with Crippen LogP contribution in [-0.4, -0.2) is 53.2 Å². The van der Waals surface area contributed by atoms with E-state index >= 15 is 0 Å². The Kier molecular flexibility index (Phi) is 8.54. The molecule has 34 heavy (non-hydrogen) atoms. The van der Waals surface area contributed by atoms with E-state index in [1.165, 1.54) is 0 Å². The monoisotopic (exact) mass is 465 g/mol. The van der Waals surface area contributed by atoms with Crippen LogP contribution in [0.15, 0.2) is 53.3 Å². The van der Waals surface area contributed by atoms with Crippen LogP contribution in [0.3, 0.4) is 0 Å². The third kappa shape index (κ3) is 5.69. The minimum atomic E-state index is -0.552. The van der Waals surface area contributed by atoms with Gasteiger partial charge in [0.25, 0.3) is 5.56 Å². The zero-order valence-corrected chi connectivity index (χ0v) is 20.1. The smallest absolute Gasteiger partial charge is 0.306 e. The Morgan fingerprint density at radius 3 is 2.47 bits per heavy atom. The maximum atomic E-state index is 13.6. The van der Waals surface area contributed by atoms with E-state index in [1.54, 1.807) is 41.7 Å². The zero-order chi connectivity index (χ0) is 24.7. The van der Waals surface area contributed by atoms with E-state index in [9.17, 15) is 14.4 Å². The van der Waals surface area contributed by atoms with Crippen LogP contribution >= 0.6 is 0 Å². The molecule has 1 amide bonds. The lowest BCUT2D eigenvalue weighted by molar-refractivity contribution is -0.146. The zero-order valence-electron chi connectivity index (χ0n) is 20.1. The van der Waals surface area contributed by atoms with Crippen molar-refractivity contribution in [3.8, 4) is 5.69 Å². The first-order valence-electron chi connectivity index (χ1n) is 11.4. The minimum Gasteiger partial charge on any atom is -0.466 e. The highest BCUT2D eigenvalue weighted by atomic mass is 16.5. The van der Waals surface area contributed by atoms with E-state index in [1.807, 2.05) is 44.2 Å². The summed E-state index contributed by atoms with van der Waals surface area (Å²) >= 11 is 0. The van der Waals surface area contributed by atoms with Crippen molar-refractivity contribution < 1.29 is 19.1 Å². The van der Waals surface area contributed by atoms with Crippen molar-refractivity contribution in [1.82, 2.24) is 14.5 Å². The predicted molar refractivity (Wildman–Crippen MR) is 130 cm³/mol. The van der Waals surface area contributed by atoms with Gasteiger partial charge in [-0.05, 0) is 45.0 Å².